The topological polar surface area (TPSA) is 61.4 Å². The largest absolute Gasteiger partial charge is 0.376 e. The highest BCUT2D eigenvalue weighted by molar-refractivity contribution is 9.10. The molecule has 7 heteroatoms. The van der Waals surface area contributed by atoms with E-state index in [1.54, 1.807) is 12.1 Å². The maximum Gasteiger partial charge on any atom is 0.239 e. The third-order valence-electron chi connectivity index (χ3n) is 4.51. The monoisotopic (exact) mass is 433 g/mol. The molecule has 5 nitrogen and oxygen atoms in total. The van der Waals surface area contributed by atoms with Crippen molar-refractivity contribution in [3.05, 3.63) is 58.3 Å². The maximum atomic E-state index is 14.3. The molecule has 1 aliphatic heterocycles. The first kappa shape index (κ1) is 19.4. The van der Waals surface area contributed by atoms with Gasteiger partial charge in [0, 0.05) is 23.1 Å². The van der Waals surface area contributed by atoms with E-state index in [4.69, 9.17) is 0 Å². The fraction of sp³-hybridized carbons (Fsp3) is 0.300. The summed E-state index contributed by atoms with van der Waals surface area (Å²) in [5.74, 6) is -0.723. The van der Waals surface area contributed by atoms with E-state index in [0.29, 0.717) is 18.7 Å². The summed E-state index contributed by atoms with van der Waals surface area (Å²) >= 11 is 3.38. The number of hydrogen-bond acceptors (Lipinski definition) is 3. The van der Waals surface area contributed by atoms with Gasteiger partial charge in [0.1, 0.15) is 5.82 Å². The zero-order valence-corrected chi connectivity index (χ0v) is 16.6. The molecule has 2 aromatic rings. The predicted molar refractivity (Wildman–Crippen MR) is 107 cm³/mol. The molecule has 0 aromatic heterocycles. The maximum absolute atomic E-state index is 14.3. The Bertz CT molecular complexity index is 842. The summed E-state index contributed by atoms with van der Waals surface area (Å²) in [5.41, 5.74) is 1.78. The van der Waals surface area contributed by atoms with Crippen molar-refractivity contribution in [2.24, 2.45) is 0 Å². The summed E-state index contributed by atoms with van der Waals surface area (Å²) in [6, 6.07) is 12.2. The third kappa shape index (κ3) is 4.86. The number of carbonyl (C=O) groups is 2. The molecule has 2 N–H and O–H groups in total. The molecule has 0 bridgehead atoms. The molecule has 1 fully saturated rings. The number of hydrogen-bond donors (Lipinski definition) is 2. The number of anilines is 2. The van der Waals surface area contributed by atoms with Crippen LogP contribution in [0.25, 0.3) is 0 Å². The summed E-state index contributed by atoms with van der Waals surface area (Å²) in [4.78, 5) is 25.4. The molecule has 1 atom stereocenters. The van der Waals surface area contributed by atoms with Gasteiger partial charge in [0.15, 0.2) is 0 Å². The number of amides is 2. The van der Waals surface area contributed by atoms with Crippen LogP contribution in [-0.4, -0.2) is 24.9 Å². The predicted octanol–water partition coefficient (Wildman–Crippen LogP) is 4.00. The Morgan fingerprint density at radius 2 is 2.00 bits per heavy atom. The molecular formula is C20H21BrFN3O2. The Labute approximate surface area is 166 Å². The normalized spacial score (nSPS) is 14.9. The summed E-state index contributed by atoms with van der Waals surface area (Å²) in [7, 11) is 0. The van der Waals surface area contributed by atoms with E-state index in [9.17, 15) is 14.0 Å². The first-order chi connectivity index (χ1) is 12.9. The molecule has 0 saturated carbocycles. The first-order valence-electron chi connectivity index (χ1n) is 8.82. The molecule has 1 aliphatic rings. The number of halogens is 2. The van der Waals surface area contributed by atoms with Crippen LogP contribution in [0.5, 0.6) is 0 Å². The van der Waals surface area contributed by atoms with Gasteiger partial charge in [-0.2, -0.15) is 0 Å². The van der Waals surface area contributed by atoms with Gasteiger partial charge in [-0.15, -0.1) is 0 Å². The summed E-state index contributed by atoms with van der Waals surface area (Å²) in [5, 5.41) is 5.82. The number of nitrogens with one attached hydrogen (secondary N) is 2. The van der Waals surface area contributed by atoms with E-state index < -0.39 is 5.82 Å². The zero-order chi connectivity index (χ0) is 19.4. The molecule has 2 aromatic carbocycles. The smallest absolute Gasteiger partial charge is 0.239 e. The lowest BCUT2D eigenvalue weighted by atomic mass is 10.1. The van der Waals surface area contributed by atoms with Crippen molar-refractivity contribution < 1.29 is 14.0 Å². The summed E-state index contributed by atoms with van der Waals surface area (Å²) in [6.45, 7) is 2.48. The molecule has 1 unspecified atom stereocenters. The average molecular weight is 434 g/mol. The highest BCUT2D eigenvalue weighted by atomic mass is 79.9. The van der Waals surface area contributed by atoms with Crippen molar-refractivity contribution in [2.75, 3.05) is 23.3 Å². The molecular weight excluding hydrogens is 413 g/mol. The minimum absolute atomic E-state index is 0.0301. The zero-order valence-electron chi connectivity index (χ0n) is 15.0. The quantitative estimate of drug-likeness (QED) is 0.723. The Morgan fingerprint density at radius 1 is 1.26 bits per heavy atom. The fourth-order valence-electron chi connectivity index (χ4n) is 3.05. The van der Waals surface area contributed by atoms with E-state index in [-0.39, 0.29) is 30.1 Å². The SMILES string of the molecule is CC(NC(=O)CNc1ccc(N2CCCC2=O)c(F)c1)c1ccc(Br)cc1. The lowest BCUT2D eigenvalue weighted by Gasteiger charge is -2.18. The van der Waals surface area contributed by atoms with E-state index in [2.05, 4.69) is 26.6 Å². The van der Waals surface area contributed by atoms with Gasteiger partial charge in [-0.05, 0) is 49.2 Å². The van der Waals surface area contributed by atoms with Crippen molar-refractivity contribution in [1.82, 2.24) is 5.32 Å². The van der Waals surface area contributed by atoms with Crippen LogP contribution in [0.2, 0.25) is 0 Å². The first-order valence-corrected chi connectivity index (χ1v) is 9.62. The van der Waals surface area contributed by atoms with Gasteiger partial charge in [0.25, 0.3) is 0 Å². The Kier molecular flexibility index (Phi) is 6.11. The average Bonchev–Trinajstić information content (AvgIpc) is 3.06. The fourth-order valence-corrected chi connectivity index (χ4v) is 3.31. The van der Waals surface area contributed by atoms with Gasteiger partial charge < -0.3 is 15.5 Å². The molecule has 0 aliphatic carbocycles. The number of nitrogens with zero attached hydrogens (tertiary/aromatic N) is 1. The van der Waals surface area contributed by atoms with Crippen molar-refractivity contribution in [3.63, 3.8) is 0 Å². The third-order valence-corrected chi connectivity index (χ3v) is 5.04. The van der Waals surface area contributed by atoms with Crippen LogP contribution in [0.3, 0.4) is 0 Å². The molecule has 2 amide bonds. The lowest BCUT2D eigenvalue weighted by Crippen LogP contribution is -2.32. The highest BCUT2D eigenvalue weighted by Crippen LogP contribution is 2.26. The molecule has 1 heterocycles. The second-order valence-electron chi connectivity index (χ2n) is 6.51. The van der Waals surface area contributed by atoms with Crippen LogP contribution in [0.15, 0.2) is 46.9 Å². The lowest BCUT2D eigenvalue weighted by molar-refractivity contribution is -0.120. The molecule has 27 heavy (non-hydrogen) atoms. The van der Waals surface area contributed by atoms with Crippen LogP contribution in [0.1, 0.15) is 31.4 Å². The van der Waals surface area contributed by atoms with E-state index in [1.165, 1.54) is 11.0 Å². The van der Waals surface area contributed by atoms with Crippen molar-refractivity contribution in [2.45, 2.75) is 25.8 Å². The van der Waals surface area contributed by atoms with Crippen LogP contribution < -0.4 is 15.5 Å². The van der Waals surface area contributed by atoms with Gasteiger partial charge in [-0.3, -0.25) is 9.59 Å². The van der Waals surface area contributed by atoms with Gasteiger partial charge in [-0.1, -0.05) is 28.1 Å². The van der Waals surface area contributed by atoms with Crippen molar-refractivity contribution in [3.8, 4) is 0 Å². The van der Waals surface area contributed by atoms with Crippen LogP contribution in [-0.2, 0) is 9.59 Å². The Morgan fingerprint density at radius 3 is 2.63 bits per heavy atom. The minimum atomic E-state index is -0.473. The van der Waals surface area contributed by atoms with Crippen LogP contribution in [0.4, 0.5) is 15.8 Å². The molecule has 3 rings (SSSR count). The number of benzene rings is 2. The number of rotatable bonds is 6. The van der Waals surface area contributed by atoms with Gasteiger partial charge in [-0.25, -0.2) is 4.39 Å². The van der Waals surface area contributed by atoms with E-state index >= 15 is 0 Å². The molecule has 0 radical (unpaired) electrons. The molecule has 1 saturated heterocycles. The van der Waals surface area contributed by atoms with Crippen molar-refractivity contribution >= 4 is 39.1 Å². The number of carbonyl (C=O) groups excluding carboxylic acids is 2. The molecule has 0 spiro atoms. The second-order valence-corrected chi connectivity index (χ2v) is 7.43. The summed E-state index contributed by atoms with van der Waals surface area (Å²) in [6.07, 6.45) is 1.20. The standard InChI is InChI=1S/C20H21BrFN3O2/c1-13(14-4-6-15(21)7-5-14)24-19(26)12-23-16-8-9-18(17(22)11-16)25-10-2-3-20(25)27/h4-9,11,13,23H,2-3,10,12H2,1H3,(H,24,26). The highest BCUT2D eigenvalue weighted by Gasteiger charge is 2.24. The van der Waals surface area contributed by atoms with Crippen molar-refractivity contribution in [1.29, 1.82) is 0 Å². The van der Waals surface area contributed by atoms with Crippen LogP contribution in [0, 0.1) is 5.82 Å². The minimum Gasteiger partial charge on any atom is -0.376 e. The van der Waals surface area contributed by atoms with Gasteiger partial charge in [0.05, 0.1) is 18.3 Å². The summed E-state index contributed by atoms with van der Waals surface area (Å²) < 4.78 is 15.3. The van der Waals surface area contributed by atoms with E-state index in [1.807, 2.05) is 31.2 Å². The van der Waals surface area contributed by atoms with Gasteiger partial charge in [0.2, 0.25) is 11.8 Å². The van der Waals surface area contributed by atoms with E-state index in [0.717, 1.165) is 16.5 Å². The second kappa shape index (κ2) is 8.52. The van der Waals surface area contributed by atoms with Gasteiger partial charge >= 0.3 is 0 Å². The molecule has 142 valence electrons. The Hall–Kier alpha value is -2.41. The Balaban J connectivity index is 1.55. The van der Waals surface area contributed by atoms with Crippen LogP contribution >= 0.6 is 15.9 Å².